The van der Waals surface area contributed by atoms with Crippen LogP contribution < -0.4 is 10.6 Å². The molecule has 2 aromatic heterocycles. The van der Waals surface area contributed by atoms with Crippen molar-refractivity contribution < 1.29 is 8.78 Å². The van der Waals surface area contributed by atoms with E-state index in [1.807, 2.05) is 0 Å². The van der Waals surface area contributed by atoms with Gasteiger partial charge in [0.2, 0.25) is 0 Å². The van der Waals surface area contributed by atoms with E-state index in [2.05, 4.69) is 20.1 Å². The van der Waals surface area contributed by atoms with Gasteiger partial charge in [0.1, 0.15) is 17.2 Å². The smallest absolute Gasteiger partial charge is 0.166 e. The number of fused-ring (bicyclic) bond motifs is 1. The van der Waals surface area contributed by atoms with Gasteiger partial charge >= 0.3 is 0 Å². The van der Waals surface area contributed by atoms with E-state index in [1.165, 1.54) is 6.07 Å². The van der Waals surface area contributed by atoms with Crippen molar-refractivity contribution in [2.45, 2.75) is 18.9 Å². The summed E-state index contributed by atoms with van der Waals surface area (Å²) in [5.74, 6) is -0.963. The van der Waals surface area contributed by atoms with Gasteiger partial charge in [-0.1, -0.05) is 18.2 Å². The summed E-state index contributed by atoms with van der Waals surface area (Å²) in [6.07, 6.45) is 5.23. The van der Waals surface area contributed by atoms with Gasteiger partial charge in [-0.2, -0.15) is 5.10 Å². The van der Waals surface area contributed by atoms with Crippen molar-refractivity contribution in [2.75, 3.05) is 18.0 Å². The maximum atomic E-state index is 14.3. The van der Waals surface area contributed by atoms with E-state index in [9.17, 15) is 8.78 Å². The molecule has 0 amide bonds. The Morgan fingerprint density at radius 3 is 2.73 bits per heavy atom. The fraction of sp³-hybridized carbons (Fsp3) is 0.227. The average Bonchev–Trinajstić information content (AvgIpc) is 3.19. The predicted molar refractivity (Wildman–Crippen MR) is 112 cm³/mol. The third kappa shape index (κ3) is 3.29. The van der Waals surface area contributed by atoms with Crippen molar-refractivity contribution in [3.63, 3.8) is 0 Å². The molecule has 0 bridgehead atoms. The van der Waals surface area contributed by atoms with Crippen molar-refractivity contribution >= 4 is 16.7 Å². The van der Waals surface area contributed by atoms with E-state index in [0.29, 0.717) is 17.0 Å². The number of nitrogens with zero attached hydrogens (tertiary/aromatic N) is 4. The summed E-state index contributed by atoms with van der Waals surface area (Å²) in [4.78, 5) is 11.3. The highest BCUT2D eigenvalue weighted by Crippen LogP contribution is 2.32. The highest BCUT2D eigenvalue weighted by atomic mass is 19.2. The number of aromatic nitrogens is 4. The molecule has 1 fully saturated rings. The molecule has 2 aromatic carbocycles. The summed E-state index contributed by atoms with van der Waals surface area (Å²) in [5.41, 5.74) is 8.78. The molecule has 0 radical (unpaired) electrons. The molecule has 0 saturated carbocycles. The van der Waals surface area contributed by atoms with Crippen molar-refractivity contribution in [3.05, 3.63) is 60.4 Å². The third-order valence-electron chi connectivity index (χ3n) is 5.55. The lowest BCUT2D eigenvalue weighted by molar-refractivity contribution is 0.498. The van der Waals surface area contributed by atoms with Gasteiger partial charge in [-0.15, -0.1) is 0 Å². The number of halogens is 2. The van der Waals surface area contributed by atoms with E-state index in [-0.39, 0.29) is 11.6 Å². The molecule has 0 atom stereocenters. The monoisotopic (exact) mass is 406 g/mol. The topological polar surface area (TPSA) is 83.7 Å². The summed E-state index contributed by atoms with van der Waals surface area (Å²) in [6, 6.07) is 9.72. The maximum Gasteiger partial charge on any atom is 0.166 e. The molecule has 3 heterocycles. The first-order valence-corrected chi connectivity index (χ1v) is 9.85. The van der Waals surface area contributed by atoms with Crippen molar-refractivity contribution in [1.82, 2.24) is 20.2 Å². The fourth-order valence-electron chi connectivity index (χ4n) is 3.85. The predicted octanol–water partition coefficient (Wildman–Crippen LogP) is 3.89. The molecule has 152 valence electrons. The Morgan fingerprint density at radius 2 is 1.90 bits per heavy atom. The van der Waals surface area contributed by atoms with E-state index in [4.69, 9.17) is 10.7 Å². The van der Waals surface area contributed by atoms with Crippen LogP contribution in [0.1, 0.15) is 12.8 Å². The second kappa shape index (κ2) is 7.46. The van der Waals surface area contributed by atoms with Crippen LogP contribution in [0.5, 0.6) is 0 Å². The number of H-pyrrole nitrogens is 1. The summed E-state index contributed by atoms with van der Waals surface area (Å²) in [7, 11) is 0. The average molecular weight is 406 g/mol. The first kappa shape index (κ1) is 18.6. The number of hydrogen-bond acceptors (Lipinski definition) is 5. The van der Waals surface area contributed by atoms with Gasteiger partial charge in [-0.3, -0.25) is 10.1 Å². The van der Waals surface area contributed by atoms with Crippen LogP contribution in [0.4, 0.5) is 14.6 Å². The van der Waals surface area contributed by atoms with Gasteiger partial charge in [0.05, 0.1) is 17.9 Å². The van der Waals surface area contributed by atoms with Crippen molar-refractivity contribution in [2.24, 2.45) is 5.73 Å². The van der Waals surface area contributed by atoms with Gasteiger partial charge in [0, 0.05) is 30.1 Å². The highest BCUT2D eigenvalue weighted by molar-refractivity contribution is 5.95. The molecule has 1 saturated heterocycles. The van der Waals surface area contributed by atoms with Crippen molar-refractivity contribution in [1.29, 1.82) is 0 Å². The number of nitrogens with one attached hydrogen (secondary N) is 1. The maximum absolute atomic E-state index is 14.3. The zero-order valence-corrected chi connectivity index (χ0v) is 16.1. The molecule has 8 heteroatoms. The van der Waals surface area contributed by atoms with Gasteiger partial charge in [0.15, 0.2) is 11.6 Å². The van der Waals surface area contributed by atoms with E-state index < -0.39 is 11.6 Å². The lowest BCUT2D eigenvalue weighted by atomic mass is 10.0. The van der Waals surface area contributed by atoms with Crippen LogP contribution in [0.3, 0.4) is 0 Å². The van der Waals surface area contributed by atoms with E-state index in [0.717, 1.165) is 48.7 Å². The minimum absolute atomic E-state index is 0.202. The summed E-state index contributed by atoms with van der Waals surface area (Å²) < 4.78 is 28.0. The first-order chi connectivity index (χ1) is 14.6. The number of nitrogens with two attached hydrogens (primary N) is 1. The second-order valence-corrected chi connectivity index (χ2v) is 7.52. The minimum Gasteiger partial charge on any atom is -0.355 e. The van der Waals surface area contributed by atoms with Gasteiger partial charge in [-0.05, 0) is 36.6 Å². The zero-order valence-electron chi connectivity index (χ0n) is 16.1. The molecule has 4 aromatic rings. The molecule has 3 N–H and O–H groups in total. The standard InChI is InChI=1S/C22H20F2N6/c23-17-3-1-2-15(21(17)24)13-4-5-18-16(10-13)22(29-28-18)19-11-26-12-20(27-19)30-8-6-14(25)7-9-30/h1-5,10-12,14H,6-9,25H2,(H,28,29). The Labute approximate surface area is 171 Å². The first-order valence-electron chi connectivity index (χ1n) is 9.85. The van der Waals surface area contributed by atoms with Crippen LogP contribution in [-0.2, 0) is 0 Å². The number of hydrogen-bond donors (Lipinski definition) is 2. The molecule has 0 spiro atoms. The molecular formula is C22H20F2N6. The van der Waals surface area contributed by atoms with Crippen LogP contribution in [0.25, 0.3) is 33.4 Å². The highest BCUT2D eigenvalue weighted by Gasteiger charge is 2.19. The van der Waals surface area contributed by atoms with Crippen LogP contribution in [0, 0.1) is 11.6 Å². The Bertz CT molecular complexity index is 1210. The minimum atomic E-state index is -0.875. The molecule has 1 aliphatic rings. The van der Waals surface area contributed by atoms with Crippen LogP contribution in [-0.4, -0.2) is 39.3 Å². The molecule has 0 aliphatic carbocycles. The SMILES string of the molecule is NC1CCN(c2cncc(-c3n[nH]c4ccc(-c5cccc(F)c5F)cc34)n2)CC1. The van der Waals surface area contributed by atoms with Gasteiger partial charge < -0.3 is 10.6 Å². The molecular weight excluding hydrogens is 386 g/mol. The van der Waals surface area contributed by atoms with Gasteiger partial charge in [-0.25, -0.2) is 13.8 Å². The largest absolute Gasteiger partial charge is 0.355 e. The number of rotatable bonds is 3. The number of aromatic amines is 1. The molecule has 6 nitrogen and oxygen atoms in total. The summed E-state index contributed by atoms with van der Waals surface area (Å²) in [6.45, 7) is 1.67. The summed E-state index contributed by atoms with van der Waals surface area (Å²) >= 11 is 0. The molecule has 0 unspecified atom stereocenters. The Hall–Kier alpha value is -3.39. The zero-order chi connectivity index (χ0) is 20.7. The van der Waals surface area contributed by atoms with Crippen LogP contribution in [0.15, 0.2) is 48.8 Å². The Kier molecular flexibility index (Phi) is 4.63. The third-order valence-corrected chi connectivity index (χ3v) is 5.55. The van der Waals surface area contributed by atoms with E-state index in [1.54, 1.807) is 36.7 Å². The van der Waals surface area contributed by atoms with Gasteiger partial charge in [0.25, 0.3) is 0 Å². The molecule has 5 rings (SSSR count). The number of benzene rings is 2. The summed E-state index contributed by atoms with van der Waals surface area (Å²) in [5, 5.41) is 8.15. The quantitative estimate of drug-likeness (QED) is 0.539. The molecule has 1 aliphatic heterocycles. The van der Waals surface area contributed by atoms with E-state index >= 15 is 0 Å². The lowest BCUT2D eigenvalue weighted by Crippen LogP contribution is -2.40. The molecule has 30 heavy (non-hydrogen) atoms. The number of piperidine rings is 1. The second-order valence-electron chi connectivity index (χ2n) is 7.52. The lowest BCUT2D eigenvalue weighted by Gasteiger charge is -2.30. The Morgan fingerprint density at radius 1 is 1.07 bits per heavy atom. The fourth-order valence-corrected chi connectivity index (χ4v) is 3.85. The normalized spacial score (nSPS) is 15.1. The Balaban J connectivity index is 1.55. The number of anilines is 1. The van der Waals surface area contributed by atoms with Crippen LogP contribution in [0.2, 0.25) is 0 Å². The van der Waals surface area contributed by atoms with Crippen molar-refractivity contribution in [3.8, 4) is 22.5 Å². The van der Waals surface area contributed by atoms with Crippen LogP contribution >= 0.6 is 0 Å².